The number of aromatic nitrogens is 1. The highest BCUT2D eigenvalue weighted by atomic mass is 32.2. The molecule has 0 radical (unpaired) electrons. The Hall–Kier alpha value is -2.12. The molecule has 0 bridgehead atoms. The zero-order chi connectivity index (χ0) is 15.7. The van der Waals surface area contributed by atoms with Gasteiger partial charge in [-0.2, -0.15) is 0 Å². The van der Waals surface area contributed by atoms with Crippen LogP contribution >= 0.6 is 11.3 Å². The van der Waals surface area contributed by atoms with Crippen molar-refractivity contribution in [3.05, 3.63) is 60.2 Å². The molecule has 0 N–H and O–H groups in total. The quantitative estimate of drug-likeness (QED) is 0.687. The molecule has 0 saturated heterocycles. The van der Waals surface area contributed by atoms with Crippen LogP contribution in [0.15, 0.2) is 58.9 Å². The summed E-state index contributed by atoms with van der Waals surface area (Å²) in [7, 11) is -4.46. The molecule has 0 aliphatic carbocycles. The van der Waals surface area contributed by atoms with E-state index in [-0.39, 0.29) is 9.90 Å². The van der Waals surface area contributed by atoms with Gasteiger partial charge in [0.2, 0.25) is 20.0 Å². The minimum atomic E-state index is -4.46. The fraction of sp³-hybridized carbons (Fsp3) is 0.0667. The summed E-state index contributed by atoms with van der Waals surface area (Å²) in [6, 6.07) is 14.3. The first-order valence-electron chi connectivity index (χ1n) is 6.33. The Balaban J connectivity index is 2.00. The molecule has 3 rings (SSSR count). The van der Waals surface area contributed by atoms with Crippen molar-refractivity contribution in [3.63, 3.8) is 0 Å². The van der Waals surface area contributed by atoms with E-state index in [1.54, 1.807) is 42.5 Å². The standard InChI is InChI=1S/C15H10FNO3S2/c16-14(13(18)10-6-2-1-3-7-10)22(19,20)15-17-11-8-4-5-9-12(11)21-15/h1-9,14H. The van der Waals surface area contributed by atoms with Crippen molar-refractivity contribution in [2.75, 3.05) is 0 Å². The zero-order valence-corrected chi connectivity index (χ0v) is 12.8. The van der Waals surface area contributed by atoms with Crippen molar-refractivity contribution in [1.29, 1.82) is 0 Å². The first kappa shape index (κ1) is 14.8. The van der Waals surface area contributed by atoms with E-state index < -0.39 is 21.1 Å². The summed E-state index contributed by atoms with van der Waals surface area (Å²) in [5, 5.41) is 0. The first-order valence-corrected chi connectivity index (χ1v) is 8.69. The molecule has 0 amide bonds. The first-order chi connectivity index (χ1) is 10.5. The highest BCUT2D eigenvalue weighted by Crippen LogP contribution is 2.29. The van der Waals surface area contributed by atoms with Gasteiger partial charge in [-0.3, -0.25) is 4.79 Å². The second kappa shape index (κ2) is 5.58. The van der Waals surface area contributed by atoms with Crippen LogP contribution in [0.5, 0.6) is 0 Å². The normalized spacial score (nSPS) is 13.1. The van der Waals surface area contributed by atoms with Crippen LogP contribution in [0.3, 0.4) is 0 Å². The summed E-state index contributed by atoms with van der Waals surface area (Å²) in [4.78, 5) is 15.9. The number of carbonyl (C=O) groups excluding carboxylic acids is 1. The Bertz CT molecular complexity index is 903. The van der Waals surface area contributed by atoms with Crippen LogP contribution in [-0.4, -0.2) is 24.7 Å². The van der Waals surface area contributed by atoms with Crippen LogP contribution in [0.4, 0.5) is 4.39 Å². The van der Waals surface area contributed by atoms with Gasteiger partial charge in [0.25, 0.3) is 5.50 Å². The predicted molar refractivity (Wildman–Crippen MR) is 82.5 cm³/mol. The predicted octanol–water partition coefficient (Wildman–Crippen LogP) is 3.25. The summed E-state index contributed by atoms with van der Waals surface area (Å²) in [6.07, 6.45) is 0. The third-order valence-corrected chi connectivity index (χ3v) is 6.17. The summed E-state index contributed by atoms with van der Waals surface area (Å²) < 4.78 is 39.1. The largest absolute Gasteiger partial charge is 0.290 e. The van der Waals surface area contributed by atoms with E-state index in [2.05, 4.69) is 4.98 Å². The average molecular weight is 335 g/mol. The third-order valence-electron chi connectivity index (χ3n) is 3.05. The smallest absolute Gasteiger partial charge is 0.269 e. The SMILES string of the molecule is O=C(c1ccccc1)C(F)S(=O)(=O)c1nc2ccccc2s1. The Morgan fingerprint density at radius 3 is 2.36 bits per heavy atom. The van der Waals surface area contributed by atoms with E-state index in [4.69, 9.17) is 0 Å². The molecule has 1 heterocycles. The molecule has 1 unspecified atom stereocenters. The lowest BCUT2D eigenvalue weighted by molar-refractivity contribution is 0.0933. The lowest BCUT2D eigenvalue weighted by Crippen LogP contribution is -2.26. The summed E-state index contributed by atoms with van der Waals surface area (Å²) in [5.74, 6) is -1.08. The molecule has 0 aliphatic rings. The molecule has 0 spiro atoms. The van der Waals surface area contributed by atoms with Gasteiger partial charge >= 0.3 is 0 Å². The number of halogens is 1. The van der Waals surface area contributed by atoms with E-state index in [9.17, 15) is 17.6 Å². The Morgan fingerprint density at radius 1 is 1.05 bits per heavy atom. The number of fused-ring (bicyclic) bond motifs is 1. The maximum absolute atomic E-state index is 14.3. The van der Waals surface area contributed by atoms with Crippen molar-refractivity contribution in [1.82, 2.24) is 4.98 Å². The van der Waals surface area contributed by atoms with Crippen molar-refractivity contribution >= 4 is 37.2 Å². The maximum Gasteiger partial charge on any atom is 0.269 e. The number of ketones is 1. The minimum Gasteiger partial charge on any atom is -0.290 e. The minimum absolute atomic E-state index is 0.0136. The van der Waals surface area contributed by atoms with Gasteiger partial charge in [-0.05, 0) is 12.1 Å². The monoisotopic (exact) mass is 335 g/mol. The fourth-order valence-electron chi connectivity index (χ4n) is 1.94. The van der Waals surface area contributed by atoms with Gasteiger partial charge in [0, 0.05) is 5.56 Å². The molecule has 1 atom stereocenters. The molecular formula is C15H10FNO3S2. The van der Waals surface area contributed by atoms with E-state index in [0.717, 1.165) is 11.3 Å². The fourth-order valence-corrected chi connectivity index (χ4v) is 4.44. The summed E-state index contributed by atoms with van der Waals surface area (Å²) in [6.45, 7) is 0. The van der Waals surface area contributed by atoms with Gasteiger partial charge in [-0.1, -0.05) is 42.5 Å². The van der Waals surface area contributed by atoms with Crippen molar-refractivity contribution in [2.24, 2.45) is 0 Å². The molecule has 0 saturated carbocycles. The van der Waals surface area contributed by atoms with Gasteiger partial charge in [-0.15, -0.1) is 11.3 Å². The number of alkyl halides is 1. The second-order valence-electron chi connectivity index (χ2n) is 4.54. The van der Waals surface area contributed by atoms with Crippen LogP contribution in [0.2, 0.25) is 0 Å². The van der Waals surface area contributed by atoms with Crippen LogP contribution in [-0.2, 0) is 9.84 Å². The lowest BCUT2D eigenvalue weighted by Gasteiger charge is -2.06. The van der Waals surface area contributed by atoms with Crippen molar-refractivity contribution < 1.29 is 17.6 Å². The molecule has 3 aromatic rings. The van der Waals surface area contributed by atoms with Gasteiger partial charge in [0.15, 0.2) is 0 Å². The molecule has 112 valence electrons. The Kier molecular flexibility index (Phi) is 3.76. The molecule has 0 aliphatic heterocycles. The summed E-state index contributed by atoms with van der Waals surface area (Å²) >= 11 is 0.854. The number of benzene rings is 2. The number of thiazole rings is 1. The topological polar surface area (TPSA) is 64.1 Å². The molecular weight excluding hydrogens is 325 g/mol. The third kappa shape index (κ3) is 2.53. The molecule has 22 heavy (non-hydrogen) atoms. The second-order valence-corrected chi connectivity index (χ2v) is 7.72. The van der Waals surface area contributed by atoms with Crippen LogP contribution < -0.4 is 0 Å². The number of rotatable bonds is 4. The van der Waals surface area contributed by atoms with Crippen LogP contribution in [0, 0.1) is 0 Å². The van der Waals surface area contributed by atoms with E-state index in [1.807, 2.05) is 0 Å². The lowest BCUT2D eigenvalue weighted by atomic mass is 10.1. The number of carbonyl (C=O) groups is 1. The highest BCUT2D eigenvalue weighted by Gasteiger charge is 2.37. The van der Waals surface area contributed by atoms with E-state index in [1.165, 1.54) is 12.1 Å². The zero-order valence-electron chi connectivity index (χ0n) is 11.1. The van der Waals surface area contributed by atoms with Crippen LogP contribution in [0.25, 0.3) is 10.2 Å². The Morgan fingerprint density at radius 2 is 1.68 bits per heavy atom. The van der Waals surface area contributed by atoms with Crippen LogP contribution in [0.1, 0.15) is 10.4 Å². The Labute approximate surface area is 130 Å². The van der Waals surface area contributed by atoms with Gasteiger partial charge in [-0.25, -0.2) is 17.8 Å². The van der Waals surface area contributed by atoms with Gasteiger partial charge in [0.1, 0.15) is 0 Å². The van der Waals surface area contributed by atoms with Gasteiger partial charge < -0.3 is 0 Å². The number of para-hydroxylation sites is 1. The molecule has 7 heteroatoms. The highest BCUT2D eigenvalue weighted by molar-refractivity contribution is 7.94. The number of hydrogen-bond acceptors (Lipinski definition) is 5. The van der Waals surface area contributed by atoms with Crippen molar-refractivity contribution in [2.45, 2.75) is 9.84 Å². The average Bonchev–Trinajstić information content (AvgIpc) is 2.99. The van der Waals surface area contributed by atoms with E-state index >= 15 is 0 Å². The van der Waals surface area contributed by atoms with Gasteiger partial charge in [0.05, 0.1) is 10.2 Å². The molecule has 2 aromatic carbocycles. The summed E-state index contributed by atoms with van der Waals surface area (Å²) in [5.41, 5.74) is -2.18. The molecule has 4 nitrogen and oxygen atoms in total. The molecule has 0 fully saturated rings. The maximum atomic E-state index is 14.3. The van der Waals surface area contributed by atoms with Crippen molar-refractivity contribution in [3.8, 4) is 0 Å². The van der Waals surface area contributed by atoms with E-state index in [0.29, 0.717) is 10.2 Å². The number of hydrogen-bond donors (Lipinski definition) is 0. The molecule has 1 aromatic heterocycles. The number of sulfone groups is 1. The number of Topliss-reactive ketones (excluding diaryl/α,β-unsaturated/α-hetero) is 1. The number of nitrogens with zero attached hydrogens (tertiary/aromatic N) is 1.